The zero-order valence-electron chi connectivity index (χ0n) is 7.26. The summed E-state index contributed by atoms with van der Waals surface area (Å²) in [5.74, 6) is -0.269. The second-order valence-corrected chi connectivity index (χ2v) is 3.14. The van der Waals surface area contributed by atoms with E-state index in [9.17, 15) is 4.39 Å². The molecule has 0 aliphatic carbocycles. The number of aliphatic hydroxyl groups excluding tert-OH is 1. The molecule has 2 rings (SSSR count). The summed E-state index contributed by atoms with van der Waals surface area (Å²) < 4.78 is 13.3. The van der Waals surface area contributed by atoms with Gasteiger partial charge in [0, 0.05) is 17.1 Å². The van der Waals surface area contributed by atoms with Crippen LogP contribution in [-0.4, -0.2) is 10.1 Å². The average molecular weight is 179 g/mol. The monoisotopic (exact) mass is 179 g/mol. The van der Waals surface area contributed by atoms with Crippen molar-refractivity contribution in [1.82, 2.24) is 4.98 Å². The largest absolute Gasteiger partial charge is 0.392 e. The van der Waals surface area contributed by atoms with Crippen LogP contribution in [0.3, 0.4) is 0 Å². The number of benzene rings is 1. The van der Waals surface area contributed by atoms with E-state index in [2.05, 4.69) is 4.98 Å². The molecule has 0 saturated heterocycles. The molecule has 0 spiro atoms. The van der Waals surface area contributed by atoms with Crippen LogP contribution in [0.5, 0.6) is 0 Å². The third-order valence-corrected chi connectivity index (χ3v) is 2.14. The van der Waals surface area contributed by atoms with Gasteiger partial charge in [-0.3, -0.25) is 0 Å². The Morgan fingerprint density at radius 1 is 1.46 bits per heavy atom. The van der Waals surface area contributed by atoms with E-state index in [0.29, 0.717) is 5.52 Å². The number of aliphatic hydroxyl groups is 1. The van der Waals surface area contributed by atoms with Gasteiger partial charge in [0.2, 0.25) is 0 Å². The van der Waals surface area contributed by atoms with Crippen LogP contribution in [0.15, 0.2) is 18.3 Å². The Morgan fingerprint density at radius 2 is 2.23 bits per heavy atom. The van der Waals surface area contributed by atoms with Crippen molar-refractivity contribution in [2.24, 2.45) is 0 Å². The average Bonchev–Trinajstić information content (AvgIpc) is 2.47. The number of rotatable bonds is 1. The summed E-state index contributed by atoms with van der Waals surface area (Å²) in [5, 5.41) is 9.73. The van der Waals surface area contributed by atoms with Crippen LogP contribution < -0.4 is 0 Å². The summed E-state index contributed by atoms with van der Waals surface area (Å²) in [7, 11) is 0. The number of aromatic nitrogens is 1. The van der Waals surface area contributed by atoms with E-state index in [4.69, 9.17) is 5.11 Å². The fraction of sp³-hybridized carbons (Fsp3) is 0.200. The van der Waals surface area contributed by atoms with Crippen molar-refractivity contribution in [1.29, 1.82) is 0 Å². The van der Waals surface area contributed by atoms with E-state index in [1.165, 1.54) is 6.07 Å². The number of aryl methyl sites for hydroxylation is 1. The van der Waals surface area contributed by atoms with Gasteiger partial charge in [-0.2, -0.15) is 0 Å². The summed E-state index contributed by atoms with van der Waals surface area (Å²) in [5.41, 5.74) is 2.06. The first-order chi connectivity index (χ1) is 6.22. The summed E-state index contributed by atoms with van der Waals surface area (Å²) in [4.78, 5) is 2.80. The molecule has 0 aliphatic heterocycles. The summed E-state index contributed by atoms with van der Waals surface area (Å²) in [6.07, 6.45) is 1.63. The lowest BCUT2D eigenvalue weighted by Crippen LogP contribution is -1.83. The fourth-order valence-electron chi connectivity index (χ4n) is 1.51. The van der Waals surface area contributed by atoms with Gasteiger partial charge in [-0.05, 0) is 24.6 Å². The van der Waals surface area contributed by atoms with Crippen LogP contribution in [0, 0.1) is 12.7 Å². The molecule has 0 aliphatic rings. The van der Waals surface area contributed by atoms with E-state index in [0.717, 1.165) is 16.5 Å². The van der Waals surface area contributed by atoms with Gasteiger partial charge in [0.1, 0.15) is 5.82 Å². The molecule has 68 valence electrons. The first kappa shape index (κ1) is 8.26. The Balaban J connectivity index is 2.82. The zero-order valence-corrected chi connectivity index (χ0v) is 7.26. The molecule has 1 aromatic carbocycles. The molecule has 0 unspecified atom stereocenters. The number of H-pyrrole nitrogens is 1. The Kier molecular flexibility index (Phi) is 1.81. The first-order valence-electron chi connectivity index (χ1n) is 4.09. The van der Waals surface area contributed by atoms with E-state index in [1.54, 1.807) is 6.20 Å². The smallest absolute Gasteiger partial charge is 0.147 e. The van der Waals surface area contributed by atoms with Gasteiger partial charge in [-0.15, -0.1) is 0 Å². The number of nitrogens with one attached hydrogen (secondary N) is 1. The van der Waals surface area contributed by atoms with Crippen molar-refractivity contribution in [3.8, 4) is 0 Å². The van der Waals surface area contributed by atoms with Crippen LogP contribution in [0.25, 0.3) is 10.9 Å². The Hall–Kier alpha value is -1.35. The van der Waals surface area contributed by atoms with Crippen LogP contribution in [0.1, 0.15) is 11.1 Å². The molecule has 0 atom stereocenters. The molecule has 1 heterocycles. The molecule has 0 radical (unpaired) electrons. The zero-order chi connectivity index (χ0) is 9.42. The first-order valence-corrected chi connectivity index (χ1v) is 4.09. The minimum absolute atomic E-state index is 0.0666. The molecule has 3 heteroatoms. The van der Waals surface area contributed by atoms with Gasteiger partial charge in [-0.25, -0.2) is 4.39 Å². The van der Waals surface area contributed by atoms with Crippen LogP contribution in [-0.2, 0) is 6.61 Å². The standard InChI is InChI=1S/C10H10FNO/c1-6-2-8-7(5-13)4-12-10(8)9(11)3-6/h2-4,12-13H,5H2,1H3. The number of halogens is 1. The Morgan fingerprint density at radius 3 is 2.92 bits per heavy atom. The van der Waals surface area contributed by atoms with E-state index in [1.807, 2.05) is 13.0 Å². The van der Waals surface area contributed by atoms with Crippen molar-refractivity contribution in [3.05, 3.63) is 35.3 Å². The minimum atomic E-state index is -0.269. The molecule has 2 nitrogen and oxygen atoms in total. The lowest BCUT2D eigenvalue weighted by atomic mass is 10.1. The maximum atomic E-state index is 13.3. The number of aromatic amines is 1. The SMILES string of the molecule is Cc1cc(F)c2[nH]cc(CO)c2c1. The fourth-order valence-corrected chi connectivity index (χ4v) is 1.51. The van der Waals surface area contributed by atoms with Gasteiger partial charge in [0.25, 0.3) is 0 Å². The van der Waals surface area contributed by atoms with Gasteiger partial charge in [0.05, 0.1) is 12.1 Å². The summed E-state index contributed by atoms with van der Waals surface area (Å²) in [6, 6.07) is 3.33. The second-order valence-electron chi connectivity index (χ2n) is 3.14. The molecule has 13 heavy (non-hydrogen) atoms. The molecular formula is C10H10FNO. The normalized spacial score (nSPS) is 11.0. The lowest BCUT2D eigenvalue weighted by Gasteiger charge is -1.97. The lowest BCUT2D eigenvalue weighted by molar-refractivity contribution is 0.283. The van der Waals surface area contributed by atoms with Crippen LogP contribution in [0.4, 0.5) is 4.39 Å². The maximum Gasteiger partial charge on any atom is 0.147 e. The quantitative estimate of drug-likeness (QED) is 0.691. The van der Waals surface area contributed by atoms with E-state index >= 15 is 0 Å². The summed E-state index contributed by atoms with van der Waals surface area (Å²) >= 11 is 0. The van der Waals surface area contributed by atoms with Crippen molar-refractivity contribution in [2.45, 2.75) is 13.5 Å². The molecule has 0 fully saturated rings. The van der Waals surface area contributed by atoms with E-state index in [-0.39, 0.29) is 12.4 Å². The minimum Gasteiger partial charge on any atom is -0.392 e. The highest BCUT2D eigenvalue weighted by atomic mass is 19.1. The van der Waals surface area contributed by atoms with Gasteiger partial charge < -0.3 is 10.1 Å². The third-order valence-electron chi connectivity index (χ3n) is 2.14. The Bertz CT molecular complexity index is 447. The topological polar surface area (TPSA) is 36.0 Å². The molecule has 0 amide bonds. The van der Waals surface area contributed by atoms with Crippen molar-refractivity contribution < 1.29 is 9.50 Å². The predicted molar refractivity (Wildman–Crippen MR) is 48.9 cm³/mol. The number of fused-ring (bicyclic) bond motifs is 1. The van der Waals surface area contributed by atoms with Crippen molar-refractivity contribution in [2.75, 3.05) is 0 Å². The molecule has 0 saturated carbocycles. The van der Waals surface area contributed by atoms with Gasteiger partial charge >= 0.3 is 0 Å². The van der Waals surface area contributed by atoms with Crippen LogP contribution in [0.2, 0.25) is 0 Å². The van der Waals surface area contributed by atoms with Crippen molar-refractivity contribution in [3.63, 3.8) is 0 Å². The highest BCUT2D eigenvalue weighted by Crippen LogP contribution is 2.22. The van der Waals surface area contributed by atoms with Gasteiger partial charge in [-0.1, -0.05) is 0 Å². The molecule has 0 bridgehead atoms. The predicted octanol–water partition coefficient (Wildman–Crippen LogP) is 2.11. The highest BCUT2D eigenvalue weighted by Gasteiger charge is 2.07. The molecule has 2 N–H and O–H groups in total. The number of hydrogen-bond donors (Lipinski definition) is 2. The summed E-state index contributed by atoms with van der Waals surface area (Å²) in [6.45, 7) is 1.76. The molecular weight excluding hydrogens is 169 g/mol. The third kappa shape index (κ3) is 1.21. The van der Waals surface area contributed by atoms with Crippen molar-refractivity contribution >= 4 is 10.9 Å². The highest BCUT2D eigenvalue weighted by molar-refractivity contribution is 5.84. The number of hydrogen-bond acceptors (Lipinski definition) is 1. The van der Waals surface area contributed by atoms with Gasteiger partial charge in [0.15, 0.2) is 0 Å². The maximum absolute atomic E-state index is 13.3. The molecule has 2 aromatic rings. The Labute approximate surface area is 75.0 Å². The van der Waals surface area contributed by atoms with E-state index < -0.39 is 0 Å². The molecule has 1 aromatic heterocycles. The second kappa shape index (κ2) is 2.85. The van der Waals surface area contributed by atoms with Crippen LogP contribution >= 0.6 is 0 Å².